The van der Waals surface area contributed by atoms with Crippen LogP contribution in [0.4, 0.5) is 0 Å². The Hall–Kier alpha value is 1.89. The summed E-state index contributed by atoms with van der Waals surface area (Å²) < 4.78 is 4.94. The maximum Gasteiger partial charge on any atom is 1.00 e. The van der Waals surface area contributed by atoms with Gasteiger partial charge in [0.1, 0.15) is 0 Å². The van der Waals surface area contributed by atoms with Crippen molar-refractivity contribution in [3.05, 3.63) is 66.7 Å². The fourth-order valence-corrected chi connectivity index (χ4v) is 8.00. The summed E-state index contributed by atoms with van der Waals surface area (Å²) in [6.07, 6.45) is 2.56. The minimum atomic E-state index is -0.553. The van der Waals surface area contributed by atoms with Crippen LogP contribution >= 0.6 is 0 Å². The van der Waals surface area contributed by atoms with Crippen molar-refractivity contribution in [2.45, 2.75) is 64.5 Å². The zero-order valence-corrected chi connectivity index (χ0v) is 26.8. The third-order valence-electron chi connectivity index (χ3n) is 4.06. The van der Waals surface area contributed by atoms with Gasteiger partial charge in [-0.25, -0.2) is 0 Å². The van der Waals surface area contributed by atoms with Gasteiger partial charge >= 0.3 is 103 Å². The van der Waals surface area contributed by atoms with Crippen LogP contribution in [0.1, 0.15) is 54.4 Å². The molecule has 1 aliphatic rings. The molecule has 1 saturated heterocycles. The van der Waals surface area contributed by atoms with Crippen LogP contribution in [0.5, 0.6) is 0 Å². The SMILES string of the molecule is C1CCOC1.CC(C)(C)[Si-](c1ccccc1)C(C)(C)C.[K+].[K+].c1ccccc1. The molecule has 0 saturated carbocycles. The monoisotopic (exact) mass is 447 g/mol. The molecule has 2 aromatic rings. The molecule has 3 rings (SSSR count). The summed E-state index contributed by atoms with van der Waals surface area (Å²) in [6.45, 7) is 16.2. The van der Waals surface area contributed by atoms with E-state index in [0.29, 0.717) is 10.1 Å². The molecule has 0 unspecified atom stereocenters. The first kappa shape index (κ1) is 32.1. The second kappa shape index (κ2) is 17.4. The maximum atomic E-state index is 4.94. The third-order valence-corrected chi connectivity index (χ3v) is 7.97. The number of rotatable bonds is 1. The molecule has 2 aromatic carbocycles. The first-order chi connectivity index (χ1) is 12.2. The molecule has 0 radical (unpaired) electrons. The molecule has 0 aliphatic carbocycles. The standard InChI is InChI=1S/C14H23Si.C6H6.C4H8O.2K/c1-13(2,3)15(14(4,5)6)12-10-8-7-9-11-12;1-2-4-6-5-3-1;1-2-4-5-3-1;;/h7-11H,1-6H3;1-6H;1-4H2;;/q-1;;;2*+1. The van der Waals surface area contributed by atoms with Crippen molar-refractivity contribution in [1.82, 2.24) is 0 Å². The van der Waals surface area contributed by atoms with Crippen LogP contribution < -0.4 is 108 Å². The fourth-order valence-electron chi connectivity index (χ4n) is 3.49. The average Bonchev–Trinajstić information content (AvgIpc) is 3.15. The summed E-state index contributed by atoms with van der Waals surface area (Å²) in [6, 6.07) is 23.0. The molecule has 1 nitrogen and oxygen atoms in total. The van der Waals surface area contributed by atoms with E-state index in [1.165, 1.54) is 12.8 Å². The van der Waals surface area contributed by atoms with E-state index in [9.17, 15) is 0 Å². The van der Waals surface area contributed by atoms with E-state index in [2.05, 4.69) is 71.9 Å². The molecular weight excluding hydrogens is 411 g/mol. The van der Waals surface area contributed by atoms with Crippen molar-refractivity contribution < 1.29 is 108 Å². The van der Waals surface area contributed by atoms with E-state index in [1.54, 1.807) is 5.19 Å². The van der Waals surface area contributed by atoms with Gasteiger partial charge in [0.05, 0.1) is 0 Å². The van der Waals surface area contributed by atoms with Gasteiger partial charge in [-0.05, 0) is 12.8 Å². The van der Waals surface area contributed by atoms with E-state index in [1.807, 2.05) is 36.4 Å². The summed E-state index contributed by atoms with van der Waals surface area (Å²) in [5.41, 5.74) is 0. The van der Waals surface area contributed by atoms with Crippen LogP contribution in [0.2, 0.25) is 10.1 Å². The van der Waals surface area contributed by atoms with Gasteiger partial charge in [-0.2, -0.15) is 15.3 Å². The smallest absolute Gasteiger partial charge is 0.381 e. The van der Waals surface area contributed by atoms with Crippen molar-refractivity contribution in [1.29, 1.82) is 0 Å². The Bertz CT molecular complexity index is 525. The molecule has 0 atom stereocenters. The Labute approximate surface area is 261 Å². The number of hydrogen-bond acceptors (Lipinski definition) is 1. The van der Waals surface area contributed by atoms with E-state index < -0.39 is 8.80 Å². The number of hydrogen-bond donors (Lipinski definition) is 0. The molecule has 1 aliphatic heterocycles. The van der Waals surface area contributed by atoms with Gasteiger partial charge < -0.3 is 4.74 Å². The van der Waals surface area contributed by atoms with Gasteiger partial charge in [0.2, 0.25) is 0 Å². The first-order valence-corrected chi connectivity index (χ1v) is 11.2. The van der Waals surface area contributed by atoms with Crippen molar-refractivity contribution in [2.75, 3.05) is 13.2 Å². The van der Waals surface area contributed by atoms with E-state index in [0.717, 1.165) is 13.2 Å². The third kappa shape index (κ3) is 14.8. The molecule has 0 N–H and O–H groups in total. The molecule has 1 heterocycles. The molecule has 0 amide bonds. The largest absolute Gasteiger partial charge is 1.00 e. The van der Waals surface area contributed by atoms with E-state index >= 15 is 0 Å². The van der Waals surface area contributed by atoms with Crippen molar-refractivity contribution in [3.63, 3.8) is 0 Å². The predicted octanol–water partition coefficient (Wildman–Crippen LogP) is 0.480. The second-order valence-electron chi connectivity index (χ2n) is 8.72. The van der Waals surface area contributed by atoms with Crippen LogP contribution in [0.15, 0.2) is 66.7 Å². The topological polar surface area (TPSA) is 9.23 Å². The minimum absolute atomic E-state index is 0. The summed E-state index contributed by atoms with van der Waals surface area (Å²) in [7, 11) is -0.553. The molecule has 0 aromatic heterocycles. The van der Waals surface area contributed by atoms with Crippen LogP contribution in [0.25, 0.3) is 0 Å². The summed E-state index contributed by atoms with van der Waals surface area (Å²) in [5, 5.41) is 2.37. The molecule has 0 spiro atoms. The summed E-state index contributed by atoms with van der Waals surface area (Å²) in [5.74, 6) is 0. The first-order valence-electron chi connectivity index (χ1n) is 9.74. The molecule has 4 heteroatoms. The van der Waals surface area contributed by atoms with Crippen LogP contribution in [-0.2, 0) is 4.74 Å². The quantitative estimate of drug-likeness (QED) is 0.578. The van der Waals surface area contributed by atoms with Crippen molar-refractivity contribution in [3.8, 4) is 0 Å². The maximum absolute atomic E-state index is 4.94. The minimum Gasteiger partial charge on any atom is -0.381 e. The van der Waals surface area contributed by atoms with Crippen molar-refractivity contribution in [2.24, 2.45) is 0 Å². The van der Waals surface area contributed by atoms with Crippen LogP contribution in [-0.4, -0.2) is 22.0 Å². The number of ether oxygens (including phenoxy) is 1. The molecular formula is C24H37K2OSi+. The molecule has 28 heavy (non-hydrogen) atoms. The summed E-state index contributed by atoms with van der Waals surface area (Å²) in [4.78, 5) is 0. The zero-order valence-electron chi connectivity index (χ0n) is 19.6. The van der Waals surface area contributed by atoms with Gasteiger partial charge in [-0.1, -0.05) is 108 Å². The Kier molecular flexibility index (Phi) is 20.0. The predicted molar refractivity (Wildman–Crippen MR) is 118 cm³/mol. The normalized spacial score (nSPS) is 12.8. The molecule has 1 fully saturated rings. The van der Waals surface area contributed by atoms with Gasteiger partial charge in [0, 0.05) is 13.2 Å². The molecule has 0 bridgehead atoms. The Morgan fingerprint density at radius 3 is 1.18 bits per heavy atom. The van der Waals surface area contributed by atoms with Gasteiger partial charge in [-0.15, -0.1) is 0 Å². The van der Waals surface area contributed by atoms with E-state index in [-0.39, 0.29) is 103 Å². The van der Waals surface area contributed by atoms with Crippen molar-refractivity contribution >= 4 is 14.0 Å². The van der Waals surface area contributed by atoms with Gasteiger partial charge in [-0.3, -0.25) is 8.80 Å². The van der Waals surface area contributed by atoms with Crippen LogP contribution in [0.3, 0.4) is 0 Å². The Morgan fingerprint density at radius 2 is 0.929 bits per heavy atom. The fraction of sp³-hybridized carbons (Fsp3) is 0.500. The van der Waals surface area contributed by atoms with Gasteiger partial charge in [0.15, 0.2) is 0 Å². The Balaban J connectivity index is 0. The van der Waals surface area contributed by atoms with Crippen LogP contribution in [0, 0.1) is 0 Å². The number of benzene rings is 2. The average molecular weight is 448 g/mol. The van der Waals surface area contributed by atoms with Gasteiger partial charge in [0.25, 0.3) is 0 Å². The van der Waals surface area contributed by atoms with E-state index in [4.69, 9.17) is 4.74 Å². The summed E-state index contributed by atoms with van der Waals surface area (Å²) >= 11 is 0. The second-order valence-corrected chi connectivity index (χ2v) is 13.0. The Morgan fingerprint density at radius 1 is 0.607 bits per heavy atom. The zero-order chi connectivity index (χ0) is 19.5. The molecule has 144 valence electrons.